The molecule has 3 rings (SSSR count). The first kappa shape index (κ1) is 16.0. The van der Waals surface area contributed by atoms with Gasteiger partial charge >= 0.3 is 0 Å². The van der Waals surface area contributed by atoms with Crippen molar-refractivity contribution in [3.8, 4) is 0 Å². The Morgan fingerprint density at radius 3 is 2.96 bits per heavy atom. The molecule has 126 valence electrons. The Hall–Kier alpha value is -1.85. The molecule has 1 aromatic rings. The fraction of sp³-hybridized carbons (Fsp3) is 0.706. The van der Waals surface area contributed by atoms with Crippen molar-refractivity contribution in [1.29, 1.82) is 0 Å². The predicted molar refractivity (Wildman–Crippen MR) is 86.8 cm³/mol. The van der Waals surface area contributed by atoms with Crippen LogP contribution in [0.25, 0.3) is 0 Å². The first-order chi connectivity index (χ1) is 11.1. The van der Waals surface area contributed by atoms with E-state index in [0.29, 0.717) is 42.4 Å². The Morgan fingerprint density at radius 2 is 2.26 bits per heavy atom. The average molecular weight is 318 g/mol. The first-order valence-corrected chi connectivity index (χ1v) is 8.64. The Bertz CT molecular complexity index is 555. The number of nitrogens with one attached hydrogen (secondary N) is 1. The highest BCUT2D eigenvalue weighted by atomic mass is 16.2. The molecule has 23 heavy (non-hydrogen) atoms. The van der Waals surface area contributed by atoms with Gasteiger partial charge in [-0.15, -0.1) is 0 Å². The number of hydrogen-bond donors (Lipinski definition) is 1. The Balaban J connectivity index is 1.65. The van der Waals surface area contributed by atoms with E-state index in [1.54, 1.807) is 12.3 Å². The highest BCUT2D eigenvalue weighted by Gasteiger charge is 2.40. The van der Waals surface area contributed by atoms with E-state index in [2.05, 4.69) is 28.9 Å². The van der Waals surface area contributed by atoms with Gasteiger partial charge in [0.15, 0.2) is 0 Å². The van der Waals surface area contributed by atoms with Crippen LogP contribution in [0.2, 0.25) is 0 Å². The molecule has 2 saturated heterocycles. The zero-order valence-corrected chi connectivity index (χ0v) is 14.0. The van der Waals surface area contributed by atoms with Crippen molar-refractivity contribution in [3.05, 3.63) is 18.0 Å². The van der Waals surface area contributed by atoms with Crippen LogP contribution in [0.3, 0.4) is 0 Å². The molecule has 0 bridgehead atoms. The number of nitrogens with zero attached hydrogens (tertiary/aromatic N) is 3. The molecular formula is C17H26N4O2. The summed E-state index contributed by atoms with van der Waals surface area (Å²) in [6.45, 7) is 6.69. The van der Waals surface area contributed by atoms with Crippen molar-refractivity contribution in [2.24, 2.45) is 11.8 Å². The fourth-order valence-electron chi connectivity index (χ4n) is 3.77. The quantitative estimate of drug-likeness (QED) is 0.922. The minimum absolute atomic E-state index is 0.0200. The van der Waals surface area contributed by atoms with Gasteiger partial charge in [0.25, 0.3) is 5.91 Å². The Morgan fingerprint density at radius 1 is 1.43 bits per heavy atom. The molecule has 6 nitrogen and oxygen atoms in total. The Kier molecular flexibility index (Phi) is 4.68. The molecule has 0 saturated carbocycles. The molecule has 2 amide bonds. The molecule has 0 spiro atoms. The maximum atomic E-state index is 12.5. The van der Waals surface area contributed by atoms with Crippen molar-refractivity contribution in [2.75, 3.05) is 19.6 Å². The predicted octanol–water partition coefficient (Wildman–Crippen LogP) is 1.91. The smallest absolute Gasteiger partial charge is 0.271 e. The van der Waals surface area contributed by atoms with Gasteiger partial charge in [0.2, 0.25) is 5.91 Å². The second kappa shape index (κ2) is 6.72. The topological polar surface area (TPSA) is 69.3 Å². The van der Waals surface area contributed by atoms with Crippen LogP contribution in [0.5, 0.6) is 0 Å². The van der Waals surface area contributed by atoms with E-state index in [-0.39, 0.29) is 5.91 Å². The fourth-order valence-corrected chi connectivity index (χ4v) is 3.77. The molecule has 0 radical (unpaired) electrons. The highest BCUT2D eigenvalue weighted by molar-refractivity contribution is 5.92. The molecule has 0 aliphatic carbocycles. The van der Waals surface area contributed by atoms with Gasteiger partial charge in [0.05, 0.1) is 0 Å². The number of hydrogen-bond acceptors (Lipinski definition) is 3. The van der Waals surface area contributed by atoms with Crippen LogP contribution in [0, 0.1) is 11.8 Å². The largest absolute Gasteiger partial charge is 0.339 e. The molecule has 0 unspecified atom stereocenters. The summed E-state index contributed by atoms with van der Waals surface area (Å²) >= 11 is 0. The van der Waals surface area contributed by atoms with E-state index in [1.807, 2.05) is 4.90 Å². The van der Waals surface area contributed by atoms with E-state index >= 15 is 0 Å². The van der Waals surface area contributed by atoms with Crippen LogP contribution < -0.4 is 0 Å². The number of piperidine rings is 2. The molecule has 3 heterocycles. The number of carbonyl (C=O) groups excluding carboxylic acids is 2. The number of aromatic nitrogens is 2. The van der Waals surface area contributed by atoms with Crippen molar-refractivity contribution in [3.63, 3.8) is 0 Å². The van der Waals surface area contributed by atoms with E-state index in [0.717, 1.165) is 32.4 Å². The minimum Gasteiger partial charge on any atom is -0.339 e. The number of rotatable bonds is 4. The second-order valence-corrected chi connectivity index (χ2v) is 7.15. The lowest BCUT2D eigenvalue weighted by atomic mass is 9.83. The maximum absolute atomic E-state index is 12.5. The first-order valence-electron chi connectivity index (χ1n) is 8.64. The number of aromatic amines is 1. The lowest BCUT2D eigenvalue weighted by Crippen LogP contribution is -2.57. The van der Waals surface area contributed by atoms with Crippen molar-refractivity contribution < 1.29 is 9.59 Å². The van der Waals surface area contributed by atoms with E-state index in [4.69, 9.17) is 0 Å². The zero-order chi connectivity index (χ0) is 16.4. The summed E-state index contributed by atoms with van der Waals surface area (Å²) in [6.07, 6.45) is 5.05. The van der Waals surface area contributed by atoms with E-state index < -0.39 is 0 Å². The van der Waals surface area contributed by atoms with Gasteiger partial charge in [-0.2, -0.15) is 5.10 Å². The third-order valence-corrected chi connectivity index (χ3v) is 5.11. The average Bonchev–Trinajstić information content (AvgIpc) is 3.07. The van der Waals surface area contributed by atoms with Gasteiger partial charge in [0.1, 0.15) is 5.69 Å². The van der Waals surface area contributed by atoms with Gasteiger partial charge in [-0.1, -0.05) is 13.8 Å². The molecule has 0 aromatic carbocycles. The number of amides is 2. The SMILES string of the molecule is CC(C)CCN1C(=O)CC[C@@H]2CN(C(=O)c3ccn[nH]3)CC[C@@H]21. The molecule has 2 aliphatic heterocycles. The molecular weight excluding hydrogens is 292 g/mol. The van der Waals surface area contributed by atoms with Crippen molar-refractivity contribution in [2.45, 2.75) is 45.6 Å². The standard InChI is InChI=1S/C17H26N4O2/c1-12(2)6-10-21-15-7-9-20(11-13(15)3-4-16(21)22)17(23)14-5-8-18-19-14/h5,8,12-13,15H,3-4,6-7,9-11H2,1-2H3,(H,18,19)/t13-,15+/m1/s1. The van der Waals surface area contributed by atoms with E-state index in [1.165, 1.54) is 0 Å². The third kappa shape index (κ3) is 3.41. The van der Waals surface area contributed by atoms with E-state index in [9.17, 15) is 9.59 Å². The van der Waals surface area contributed by atoms with Gasteiger partial charge in [-0.05, 0) is 37.2 Å². The van der Waals surface area contributed by atoms with Gasteiger partial charge < -0.3 is 9.80 Å². The molecule has 2 atom stereocenters. The summed E-state index contributed by atoms with van der Waals surface area (Å²) in [7, 11) is 0. The summed E-state index contributed by atoms with van der Waals surface area (Å²) in [5, 5.41) is 6.61. The summed E-state index contributed by atoms with van der Waals surface area (Å²) in [4.78, 5) is 28.8. The van der Waals surface area contributed by atoms with Gasteiger partial charge in [0, 0.05) is 38.3 Å². The Labute approximate surface area is 137 Å². The summed E-state index contributed by atoms with van der Waals surface area (Å²) in [5.41, 5.74) is 0.548. The summed E-state index contributed by atoms with van der Waals surface area (Å²) in [6, 6.07) is 2.02. The summed E-state index contributed by atoms with van der Waals surface area (Å²) in [5.74, 6) is 1.32. The number of carbonyl (C=O) groups is 2. The van der Waals surface area contributed by atoms with Crippen LogP contribution in [0.1, 0.15) is 50.0 Å². The number of fused-ring (bicyclic) bond motifs is 1. The van der Waals surface area contributed by atoms with Crippen molar-refractivity contribution in [1.82, 2.24) is 20.0 Å². The molecule has 2 fully saturated rings. The lowest BCUT2D eigenvalue weighted by Gasteiger charge is -2.47. The van der Waals surface area contributed by atoms with Crippen LogP contribution in [-0.2, 0) is 4.79 Å². The third-order valence-electron chi connectivity index (χ3n) is 5.11. The molecule has 6 heteroatoms. The minimum atomic E-state index is 0.0200. The second-order valence-electron chi connectivity index (χ2n) is 7.15. The normalized spacial score (nSPS) is 24.9. The molecule has 2 aliphatic rings. The van der Waals surface area contributed by atoms with Crippen LogP contribution >= 0.6 is 0 Å². The molecule has 1 aromatic heterocycles. The molecule has 1 N–H and O–H groups in total. The van der Waals surface area contributed by atoms with Crippen LogP contribution in [-0.4, -0.2) is 57.5 Å². The van der Waals surface area contributed by atoms with Crippen LogP contribution in [0.4, 0.5) is 0 Å². The monoisotopic (exact) mass is 318 g/mol. The van der Waals surface area contributed by atoms with Gasteiger partial charge in [-0.3, -0.25) is 14.7 Å². The summed E-state index contributed by atoms with van der Waals surface area (Å²) < 4.78 is 0. The highest BCUT2D eigenvalue weighted by Crippen LogP contribution is 2.32. The zero-order valence-electron chi connectivity index (χ0n) is 14.0. The lowest BCUT2D eigenvalue weighted by molar-refractivity contribution is -0.140. The maximum Gasteiger partial charge on any atom is 0.271 e. The van der Waals surface area contributed by atoms with Crippen LogP contribution in [0.15, 0.2) is 12.3 Å². The number of H-pyrrole nitrogens is 1. The van der Waals surface area contributed by atoms with Crippen molar-refractivity contribution >= 4 is 11.8 Å². The number of likely N-dealkylation sites (tertiary alicyclic amines) is 2. The van der Waals surface area contributed by atoms with Gasteiger partial charge in [-0.25, -0.2) is 0 Å².